The second kappa shape index (κ2) is 8.17. The maximum Gasteiger partial charge on any atom is 0.421 e. The van der Waals surface area contributed by atoms with Crippen LogP contribution in [0, 0.1) is 0 Å². The summed E-state index contributed by atoms with van der Waals surface area (Å²) in [5.41, 5.74) is 4.08. The molecule has 1 spiro atoms. The van der Waals surface area contributed by atoms with E-state index in [1.165, 1.54) is 21.6 Å². The van der Waals surface area contributed by atoms with Crippen LogP contribution in [0.25, 0.3) is 0 Å². The molecular formula is C28H26F3N5O2. The predicted molar refractivity (Wildman–Crippen MR) is 135 cm³/mol. The summed E-state index contributed by atoms with van der Waals surface area (Å²) in [7, 11) is 2.09. The number of rotatable bonds is 4. The summed E-state index contributed by atoms with van der Waals surface area (Å²) in [4.78, 5) is 24.0. The normalized spacial score (nSPS) is 22.6. The molecule has 0 radical (unpaired) electrons. The smallest absolute Gasteiger partial charge is 0.421 e. The van der Waals surface area contributed by atoms with Gasteiger partial charge in [0.1, 0.15) is 5.56 Å². The van der Waals surface area contributed by atoms with Crippen molar-refractivity contribution in [2.24, 2.45) is 0 Å². The van der Waals surface area contributed by atoms with Crippen molar-refractivity contribution in [3.8, 4) is 0 Å². The second-order valence-electron chi connectivity index (χ2n) is 10.8. The maximum absolute atomic E-state index is 14.1. The standard InChI is InChI=1S/C28H26F3N5O2/c1-35-9-8-19-17(14-35)10-18(11-20(19)16-6-7-16)33-26-32-13-22(28(29,30)31)25(34-26)36-15-27(12-24(37)38-27)21-4-2-3-5-23(21)36/h2-5,10-11,13,16H,6-9,12,14-15H2,1H3,(H,32,33,34). The Hall–Kier alpha value is -3.66. The maximum atomic E-state index is 14.1. The zero-order valence-corrected chi connectivity index (χ0v) is 20.8. The Labute approximate surface area is 217 Å². The van der Waals surface area contributed by atoms with E-state index in [0.29, 0.717) is 17.2 Å². The number of fused-ring (bicyclic) bond motifs is 3. The molecular weight excluding hydrogens is 495 g/mol. The molecule has 3 aromatic rings. The third-order valence-corrected chi connectivity index (χ3v) is 8.00. The zero-order chi connectivity index (χ0) is 26.2. The number of nitrogens with zero attached hydrogens (tertiary/aromatic N) is 4. The molecule has 3 aliphatic heterocycles. The molecule has 2 fully saturated rings. The Morgan fingerprint density at radius 2 is 1.97 bits per heavy atom. The van der Waals surface area contributed by atoms with Crippen LogP contribution in [0.4, 0.5) is 36.3 Å². The lowest BCUT2D eigenvalue weighted by molar-refractivity contribution is -0.190. The quantitative estimate of drug-likeness (QED) is 0.461. The number of likely N-dealkylation sites (N-methyl/N-ethyl adjacent to an activating group) is 1. The van der Waals surface area contributed by atoms with Crippen LogP contribution in [0.5, 0.6) is 0 Å². The van der Waals surface area contributed by atoms with E-state index in [4.69, 9.17) is 4.74 Å². The van der Waals surface area contributed by atoms with Gasteiger partial charge in [-0.25, -0.2) is 4.98 Å². The Morgan fingerprint density at radius 1 is 1.18 bits per heavy atom. The van der Waals surface area contributed by atoms with Crippen LogP contribution in [-0.4, -0.2) is 41.0 Å². The summed E-state index contributed by atoms with van der Waals surface area (Å²) < 4.78 is 47.9. The van der Waals surface area contributed by atoms with E-state index in [0.717, 1.165) is 44.2 Å². The van der Waals surface area contributed by atoms with Gasteiger partial charge in [-0.3, -0.25) is 4.79 Å². The van der Waals surface area contributed by atoms with E-state index in [1.807, 2.05) is 0 Å². The number of hydrogen-bond acceptors (Lipinski definition) is 7. The Kier molecular flexibility index (Phi) is 5.04. The number of ether oxygens (including phenoxy) is 1. The number of benzene rings is 2. The van der Waals surface area contributed by atoms with E-state index in [2.05, 4.69) is 39.4 Å². The minimum atomic E-state index is -4.66. The van der Waals surface area contributed by atoms with Crippen molar-refractivity contribution in [1.82, 2.24) is 14.9 Å². The van der Waals surface area contributed by atoms with Gasteiger partial charge in [-0.05, 0) is 67.1 Å². The third kappa shape index (κ3) is 3.81. The average Bonchev–Trinajstić information content (AvgIpc) is 3.65. The molecule has 1 atom stereocenters. The van der Waals surface area contributed by atoms with Crippen LogP contribution in [0.15, 0.2) is 42.6 Å². The molecule has 1 aromatic heterocycles. The summed E-state index contributed by atoms with van der Waals surface area (Å²) in [6, 6.07) is 11.2. The number of esters is 1. The van der Waals surface area contributed by atoms with Crippen LogP contribution in [-0.2, 0) is 34.3 Å². The fraction of sp³-hybridized carbons (Fsp3) is 0.393. The summed E-state index contributed by atoms with van der Waals surface area (Å²) in [5, 5.41) is 3.19. The van der Waals surface area contributed by atoms with Gasteiger partial charge in [0.2, 0.25) is 5.95 Å². The van der Waals surface area contributed by atoms with E-state index in [9.17, 15) is 18.0 Å². The van der Waals surface area contributed by atoms with Gasteiger partial charge in [-0.1, -0.05) is 18.2 Å². The van der Waals surface area contributed by atoms with Crippen molar-refractivity contribution in [2.45, 2.75) is 49.9 Å². The first kappa shape index (κ1) is 23.5. The molecule has 7 nitrogen and oxygen atoms in total. The minimum Gasteiger partial charge on any atom is -0.451 e. The highest BCUT2D eigenvalue weighted by Gasteiger charge is 2.55. The number of anilines is 4. The fourth-order valence-electron chi connectivity index (χ4n) is 6.06. The minimum absolute atomic E-state index is 0.0641. The summed E-state index contributed by atoms with van der Waals surface area (Å²) >= 11 is 0. The summed E-state index contributed by atoms with van der Waals surface area (Å²) in [6.07, 6.45) is -0.394. The van der Waals surface area contributed by atoms with Crippen molar-refractivity contribution >= 4 is 29.1 Å². The molecule has 4 aliphatic rings. The lowest BCUT2D eigenvalue weighted by atomic mass is 9.88. The molecule has 1 saturated carbocycles. The molecule has 0 bridgehead atoms. The van der Waals surface area contributed by atoms with E-state index < -0.39 is 17.3 Å². The number of carbonyl (C=O) groups is 1. The lowest BCUT2D eigenvalue weighted by Gasteiger charge is -2.37. The van der Waals surface area contributed by atoms with E-state index >= 15 is 0 Å². The molecule has 7 rings (SSSR count). The predicted octanol–water partition coefficient (Wildman–Crippen LogP) is 5.40. The van der Waals surface area contributed by atoms with Crippen molar-refractivity contribution in [3.63, 3.8) is 0 Å². The Morgan fingerprint density at radius 3 is 2.71 bits per heavy atom. The summed E-state index contributed by atoms with van der Waals surface area (Å²) in [5.74, 6) is -0.00184. The first-order valence-corrected chi connectivity index (χ1v) is 12.8. The van der Waals surface area contributed by atoms with Crippen LogP contribution in [0.1, 0.15) is 53.0 Å². The van der Waals surface area contributed by atoms with Crippen molar-refractivity contribution < 1.29 is 22.7 Å². The third-order valence-electron chi connectivity index (χ3n) is 8.00. The topological polar surface area (TPSA) is 70.6 Å². The number of nitrogens with one attached hydrogen (secondary N) is 1. The highest BCUT2D eigenvalue weighted by molar-refractivity contribution is 5.83. The number of para-hydroxylation sites is 1. The van der Waals surface area contributed by atoms with Crippen LogP contribution in [0.2, 0.25) is 0 Å². The van der Waals surface area contributed by atoms with E-state index in [-0.39, 0.29) is 30.7 Å². The first-order valence-electron chi connectivity index (χ1n) is 12.8. The average molecular weight is 522 g/mol. The van der Waals surface area contributed by atoms with Crippen LogP contribution < -0.4 is 10.2 Å². The molecule has 2 aromatic carbocycles. The zero-order valence-electron chi connectivity index (χ0n) is 20.8. The number of halogens is 3. The van der Waals surface area contributed by atoms with Gasteiger partial charge in [0.15, 0.2) is 11.4 Å². The Balaban J connectivity index is 1.28. The van der Waals surface area contributed by atoms with Crippen molar-refractivity contribution in [2.75, 3.05) is 30.4 Å². The molecule has 10 heteroatoms. The first-order chi connectivity index (χ1) is 18.2. The fourth-order valence-corrected chi connectivity index (χ4v) is 6.06. The summed E-state index contributed by atoms with van der Waals surface area (Å²) in [6.45, 7) is 1.91. The number of aromatic nitrogens is 2. The number of hydrogen-bond donors (Lipinski definition) is 1. The van der Waals surface area contributed by atoms with Crippen molar-refractivity contribution in [1.29, 1.82) is 0 Å². The Bertz CT molecular complexity index is 1460. The molecule has 1 N–H and O–H groups in total. The highest BCUT2D eigenvalue weighted by Crippen LogP contribution is 2.52. The molecule has 38 heavy (non-hydrogen) atoms. The van der Waals surface area contributed by atoms with Gasteiger partial charge >= 0.3 is 12.1 Å². The van der Waals surface area contributed by atoms with Crippen molar-refractivity contribution in [3.05, 3.63) is 70.4 Å². The second-order valence-corrected chi connectivity index (χ2v) is 10.8. The van der Waals surface area contributed by atoms with Gasteiger partial charge in [0.25, 0.3) is 0 Å². The molecule has 4 heterocycles. The van der Waals surface area contributed by atoms with Crippen LogP contribution in [0.3, 0.4) is 0 Å². The molecule has 0 amide bonds. The molecule has 1 saturated heterocycles. The van der Waals surface area contributed by atoms with Gasteiger partial charge in [0.05, 0.1) is 13.0 Å². The number of alkyl halides is 3. The largest absolute Gasteiger partial charge is 0.451 e. The SMILES string of the molecule is CN1CCc2c(cc(Nc3ncc(C(F)(F)F)c(N4CC5(CC(=O)O5)c5ccccc54)n3)cc2C2CC2)C1. The number of carbonyl (C=O) groups excluding carboxylic acids is 1. The lowest BCUT2D eigenvalue weighted by Crippen LogP contribution is -2.47. The van der Waals surface area contributed by atoms with Gasteiger partial charge in [-0.2, -0.15) is 18.2 Å². The van der Waals surface area contributed by atoms with Gasteiger partial charge < -0.3 is 19.9 Å². The monoisotopic (exact) mass is 521 g/mol. The van der Waals surface area contributed by atoms with Gasteiger partial charge in [-0.15, -0.1) is 0 Å². The van der Waals surface area contributed by atoms with E-state index in [1.54, 1.807) is 24.3 Å². The van der Waals surface area contributed by atoms with Gasteiger partial charge in [0, 0.05) is 36.2 Å². The molecule has 1 unspecified atom stereocenters. The molecule has 196 valence electrons. The van der Waals surface area contributed by atoms with Crippen LogP contribution >= 0.6 is 0 Å². The molecule has 1 aliphatic carbocycles. The highest BCUT2D eigenvalue weighted by atomic mass is 19.4.